The number of ether oxygens (including phenoxy) is 1. The zero-order valence-corrected chi connectivity index (χ0v) is 17.8. The summed E-state index contributed by atoms with van der Waals surface area (Å²) in [5.41, 5.74) is 2.49. The van der Waals surface area contributed by atoms with Gasteiger partial charge in [0.15, 0.2) is 11.6 Å². The molecular formula is C24H27N5O2. The van der Waals surface area contributed by atoms with E-state index < -0.39 is 0 Å². The monoisotopic (exact) mass is 417 g/mol. The number of carbonyl (C=O) groups is 1. The number of hydrogen-bond donors (Lipinski definition) is 1. The lowest BCUT2D eigenvalue weighted by Crippen LogP contribution is -2.49. The Morgan fingerprint density at radius 3 is 2.32 bits per heavy atom. The minimum absolute atomic E-state index is 0.0589. The molecule has 0 spiro atoms. The summed E-state index contributed by atoms with van der Waals surface area (Å²) >= 11 is 0. The Bertz CT molecular complexity index is 1070. The Balaban J connectivity index is 1.30. The molecule has 5 rings (SSSR count). The molecule has 1 amide bonds. The topological polar surface area (TPSA) is 70.6 Å². The molecule has 160 valence electrons. The number of anilines is 2. The van der Waals surface area contributed by atoms with Gasteiger partial charge >= 0.3 is 0 Å². The van der Waals surface area contributed by atoms with E-state index in [-0.39, 0.29) is 5.91 Å². The quantitative estimate of drug-likeness (QED) is 0.661. The highest BCUT2D eigenvalue weighted by Crippen LogP contribution is 2.31. The summed E-state index contributed by atoms with van der Waals surface area (Å²) in [7, 11) is 0. The molecule has 1 aliphatic carbocycles. The molecular weight excluding hydrogens is 390 g/mol. The second-order valence-corrected chi connectivity index (χ2v) is 8.04. The summed E-state index contributed by atoms with van der Waals surface area (Å²) < 4.78 is 5.47. The maximum Gasteiger partial charge on any atom is 0.253 e. The number of hydrogen-bond acceptors (Lipinski definition) is 6. The predicted octanol–water partition coefficient (Wildman–Crippen LogP) is 3.57. The van der Waals surface area contributed by atoms with Gasteiger partial charge in [0, 0.05) is 37.8 Å². The van der Waals surface area contributed by atoms with Crippen LogP contribution in [-0.4, -0.2) is 59.6 Å². The minimum atomic E-state index is 0.0589. The van der Waals surface area contributed by atoms with Gasteiger partial charge in [0.25, 0.3) is 5.91 Å². The molecule has 2 aromatic carbocycles. The van der Waals surface area contributed by atoms with Gasteiger partial charge in [-0.1, -0.05) is 12.1 Å². The van der Waals surface area contributed by atoms with Crippen LogP contribution < -0.4 is 15.0 Å². The maximum absolute atomic E-state index is 12.9. The molecule has 1 saturated carbocycles. The van der Waals surface area contributed by atoms with Crippen LogP contribution in [0.1, 0.15) is 30.1 Å². The Morgan fingerprint density at radius 2 is 1.68 bits per heavy atom. The van der Waals surface area contributed by atoms with Crippen molar-refractivity contribution < 1.29 is 9.53 Å². The second kappa shape index (κ2) is 8.41. The van der Waals surface area contributed by atoms with E-state index in [1.54, 1.807) is 0 Å². The molecule has 2 aliphatic rings. The fraction of sp³-hybridized carbons (Fsp3) is 0.375. The smallest absolute Gasteiger partial charge is 0.253 e. The minimum Gasteiger partial charge on any atom is -0.494 e. The largest absolute Gasteiger partial charge is 0.494 e. The molecule has 7 heteroatoms. The Kier molecular flexibility index (Phi) is 5.32. The Labute approximate surface area is 182 Å². The van der Waals surface area contributed by atoms with Crippen molar-refractivity contribution in [1.29, 1.82) is 0 Å². The lowest BCUT2D eigenvalue weighted by atomic mass is 10.1. The first-order valence-corrected chi connectivity index (χ1v) is 11.0. The fourth-order valence-corrected chi connectivity index (χ4v) is 3.89. The molecule has 1 N–H and O–H groups in total. The standard InChI is InChI=1S/C24H27N5O2/c1-2-31-19-11-7-17(8-12-19)24(30)29-15-13-28(14-16-29)23-22(25-18-9-10-18)26-20-5-3-4-6-21(20)27-23/h3-8,11-12,18H,2,9-10,13-16H2,1H3,(H,25,26). The van der Waals surface area contributed by atoms with Gasteiger partial charge in [-0.05, 0) is 56.2 Å². The van der Waals surface area contributed by atoms with Gasteiger partial charge in [0.05, 0.1) is 17.6 Å². The average molecular weight is 418 g/mol. The van der Waals surface area contributed by atoms with Crippen molar-refractivity contribution in [2.24, 2.45) is 0 Å². The molecule has 0 atom stereocenters. The van der Waals surface area contributed by atoms with Gasteiger partial charge in [0.2, 0.25) is 0 Å². The van der Waals surface area contributed by atoms with Crippen LogP contribution in [0.15, 0.2) is 48.5 Å². The van der Waals surface area contributed by atoms with E-state index in [1.165, 1.54) is 12.8 Å². The van der Waals surface area contributed by atoms with E-state index in [2.05, 4.69) is 10.2 Å². The summed E-state index contributed by atoms with van der Waals surface area (Å²) in [6.07, 6.45) is 2.36. The van der Waals surface area contributed by atoms with Crippen molar-refractivity contribution in [2.45, 2.75) is 25.8 Å². The van der Waals surface area contributed by atoms with Crippen LogP contribution in [0, 0.1) is 0 Å². The number of carbonyl (C=O) groups excluding carboxylic acids is 1. The van der Waals surface area contributed by atoms with Crippen LogP contribution in [0.2, 0.25) is 0 Å². The number of nitrogens with one attached hydrogen (secondary N) is 1. The number of aromatic nitrogens is 2. The lowest BCUT2D eigenvalue weighted by Gasteiger charge is -2.36. The Hall–Kier alpha value is -3.35. The van der Waals surface area contributed by atoms with E-state index >= 15 is 0 Å². The van der Waals surface area contributed by atoms with Gasteiger partial charge in [-0.3, -0.25) is 4.79 Å². The first-order valence-electron chi connectivity index (χ1n) is 11.0. The third-order valence-electron chi connectivity index (χ3n) is 5.75. The van der Waals surface area contributed by atoms with E-state index in [0.29, 0.717) is 31.3 Å². The molecule has 0 unspecified atom stereocenters. The molecule has 1 saturated heterocycles. The van der Waals surface area contributed by atoms with Crippen LogP contribution in [0.3, 0.4) is 0 Å². The molecule has 2 fully saturated rings. The summed E-state index contributed by atoms with van der Waals surface area (Å²) in [6, 6.07) is 15.9. The first-order chi connectivity index (χ1) is 15.2. The molecule has 31 heavy (non-hydrogen) atoms. The number of para-hydroxylation sites is 2. The summed E-state index contributed by atoms with van der Waals surface area (Å²) in [5.74, 6) is 2.59. The highest BCUT2D eigenvalue weighted by Gasteiger charge is 2.28. The van der Waals surface area contributed by atoms with Crippen molar-refractivity contribution in [1.82, 2.24) is 14.9 Å². The summed E-state index contributed by atoms with van der Waals surface area (Å²) in [4.78, 5) is 26.9. The van der Waals surface area contributed by atoms with Crippen LogP contribution in [-0.2, 0) is 0 Å². The number of rotatable bonds is 6. The lowest BCUT2D eigenvalue weighted by molar-refractivity contribution is 0.0746. The number of amides is 1. The number of nitrogens with zero attached hydrogens (tertiary/aromatic N) is 4. The molecule has 2 heterocycles. The number of fused-ring (bicyclic) bond motifs is 1. The third kappa shape index (κ3) is 4.26. The van der Waals surface area contributed by atoms with Crippen molar-refractivity contribution >= 4 is 28.6 Å². The van der Waals surface area contributed by atoms with E-state index in [4.69, 9.17) is 14.7 Å². The van der Waals surface area contributed by atoms with E-state index in [0.717, 1.165) is 41.5 Å². The normalized spacial score (nSPS) is 16.4. The highest BCUT2D eigenvalue weighted by atomic mass is 16.5. The van der Waals surface area contributed by atoms with Crippen molar-refractivity contribution in [2.75, 3.05) is 43.0 Å². The van der Waals surface area contributed by atoms with Crippen molar-refractivity contribution in [3.63, 3.8) is 0 Å². The first kappa shape index (κ1) is 19.6. The van der Waals surface area contributed by atoms with Gasteiger partial charge in [-0.25, -0.2) is 9.97 Å². The van der Waals surface area contributed by atoms with E-state index in [9.17, 15) is 4.79 Å². The predicted molar refractivity (Wildman–Crippen MR) is 122 cm³/mol. The molecule has 0 radical (unpaired) electrons. The SMILES string of the molecule is CCOc1ccc(C(=O)N2CCN(c3nc4ccccc4nc3NC3CC3)CC2)cc1. The maximum atomic E-state index is 12.9. The molecule has 1 aromatic heterocycles. The molecule has 1 aliphatic heterocycles. The van der Waals surface area contributed by atoms with Crippen LogP contribution in [0.5, 0.6) is 5.75 Å². The van der Waals surface area contributed by atoms with Crippen LogP contribution >= 0.6 is 0 Å². The second-order valence-electron chi connectivity index (χ2n) is 8.04. The van der Waals surface area contributed by atoms with Gasteiger partial charge in [0.1, 0.15) is 5.75 Å². The highest BCUT2D eigenvalue weighted by molar-refractivity contribution is 5.94. The summed E-state index contributed by atoms with van der Waals surface area (Å²) in [5, 5.41) is 3.54. The fourth-order valence-electron chi connectivity index (χ4n) is 3.89. The Morgan fingerprint density at radius 1 is 1.00 bits per heavy atom. The molecule has 3 aromatic rings. The van der Waals surface area contributed by atoms with Crippen molar-refractivity contribution in [3.8, 4) is 5.75 Å². The number of piperazine rings is 1. The van der Waals surface area contributed by atoms with E-state index in [1.807, 2.05) is 60.4 Å². The summed E-state index contributed by atoms with van der Waals surface area (Å²) in [6.45, 7) is 5.34. The third-order valence-corrected chi connectivity index (χ3v) is 5.75. The molecule has 7 nitrogen and oxygen atoms in total. The van der Waals surface area contributed by atoms with Crippen LogP contribution in [0.25, 0.3) is 11.0 Å². The van der Waals surface area contributed by atoms with Crippen LogP contribution in [0.4, 0.5) is 11.6 Å². The zero-order valence-electron chi connectivity index (χ0n) is 17.8. The van der Waals surface area contributed by atoms with Gasteiger partial charge in [-0.15, -0.1) is 0 Å². The zero-order chi connectivity index (χ0) is 21.2. The van der Waals surface area contributed by atoms with Crippen molar-refractivity contribution in [3.05, 3.63) is 54.1 Å². The average Bonchev–Trinajstić information content (AvgIpc) is 3.63. The van der Waals surface area contributed by atoms with Gasteiger partial charge in [-0.2, -0.15) is 0 Å². The molecule has 0 bridgehead atoms. The number of benzene rings is 2. The van der Waals surface area contributed by atoms with Gasteiger partial charge < -0.3 is 19.9 Å².